The molecule has 25 heavy (non-hydrogen) atoms. The second-order valence-corrected chi connectivity index (χ2v) is 5.14. The van der Waals surface area contributed by atoms with Gasteiger partial charge in [0.2, 0.25) is 11.8 Å². The van der Waals surface area contributed by atoms with Gasteiger partial charge in [-0.15, -0.1) is 5.10 Å². The van der Waals surface area contributed by atoms with Crippen molar-refractivity contribution in [2.75, 3.05) is 11.9 Å². The zero-order chi connectivity index (χ0) is 17.6. The number of nitrogens with one attached hydrogen (secondary N) is 2. The molecule has 9 nitrogen and oxygen atoms in total. The minimum Gasteiger partial charge on any atom is -0.345 e. The highest BCUT2D eigenvalue weighted by molar-refractivity contribution is 5.94. The Morgan fingerprint density at radius 2 is 1.92 bits per heavy atom. The number of anilines is 1. The van der Waals surface area contributed by atoms with Crippen LogP contribution in [0.3, 0.4) is 0 Å². The monoisotopic (exact) mass is 338 g/mol. The Labute approximate surface area is 141 Å². The molecule has 0 saturated heterocycles. The predicted molar refractivity (Wildman–Crippen MR) is 89.7 cm³/mol. The lowest BCUT2D eigenvalue weighted by Crippen LogP contribution is -2.38. The molecule has 9 heteroatoms. The first kappa shape index (κ1) is 16.2. The topological polar surface area (TPSA) is 119 Å². The summed E-state index contributed by atoms with van der Waals surface area (Å²) in [7, 11) is 0. The molecule has 2 amide bonds. The van der Waals surface area contributed by atoms with Gasteiger partial charge in [0.15, 0.2) is 0 Å². The van der Waals surface area contributed by atoms with Crippen LogP contribution in [0.15, 0.2) is 53.6 Å². The number of nitrogens with zero attached hydrogens (tertiary/aromatic N) is 4. The number of hydrogen-bond donors (Lipinski definition) is 2. The van der Waals surface area contributed by atoms with E-state index in [0.717, 1.165) is 4.68 Å². The van der Waals surface area contributed by atoms with Gasteiger partial charge in [0.05, 0.1) is 23.8 Å². The van der Waals surface area contributed by atoms with Crippen LogP contribution in [-0.2, 0) is 16.1 Å². The zero-order valence-corrected chi connectivity index (χ0v) is 13.0. The molecule has 3 aromatic rings. The summed E-state index contributed by atoms with van der Waals surface area (Å²) < 4.78 is 0.955. The molecule has 0 spiro atoms. The maximum Gasteiger partial charge on any atom is 0.278 e. The van der Waals surface area contributed by atoms with Gasteiger partial charge in [-0.05, 0) is 24.3 Å². The Kier molecular flexibility index (Phi) is 4.74. The van der Waals surface area contributed by atoms with E-state index < -0.39 is 17.4 Å². The molecule has 0 bridgehead atoms. The zero-order valence-electron chi connectivity index (χ0n) is 13.0. The average Bonchev–Trinajstić information content (AvgIpc) is 2.63. The van der Waals surface area contributed by atoms with E-state index >= 15 is 0 Å². The largest absolute Gasteiger partial charge is 0.345 e. The predicted octanol–water partition coefficient (Wildman–Crippen LogP) is -0.0586. The van der Waals surface area contributed by atoms with Crippen molar-refractivity contribution >= 4 is 28.4 Å². The summed E-state index contributed by atoms with van der Waals surface area (Å²) in [6.45, 7) is -0.555. The van der Waals surface area contributed by atoms with Crippen molar-refractivity contribution in [1.82, 2.24) is 25.3 Å². The van der Waals surface area contributed by atoms with E-state index in [1.807, 2.05) is 0 Å². The lowest BCUT2D eigenvalue weighted by atomic mass is 10.2. The van der Waals surface area contributed by atoms with Gasteiger partial charge in [-0.2, -0.15) is 0 Å². The van der Waals surface area contributed by atoms with Crippen LogP contribution in [-0.4, -0.2) is 38.3 Å². The van der Waals surface area contributed by atoms with Gasteiger partial charge >= 0.3 is 0 Å². The molecule has 126 valence electrons. The third-order valence-corrected chi connectivity index (χ3v) is 3.31. The smallest absolute Gasteiger partial charge is 0.278 e. The maximum absolute atomic E-state index is 12.2. The molecule has 0 aliphatic rings. The number of amides is 2. The summed E-state index contributed by atoms with van der Waals surface area (Å²) in [6, 6.07) is 10.1. The van der Waals surface area contributed by atoms with Crippen LogP contribution in [0.25, 0.3) is 10.9 Å². The van der Waals surface area contributed by atoms with Crippen LogP contribution < -0.4 is 16.2 Å². The first-order valence-electron chi connectivity index (χ1n) is 7.42. The number of hydrogen-bond acceptors (Lipinski definition) is 6. The molecule has 3 rings (SSSR count). The Bertz CT molecular complexity index is 970. The normalized spacial score (nSPS) is 10.4. The third kappa shape index (κ3) is 4.02. The summed E-state index contributed by atoms with van der Waals surface area (Å²) in [4.78, 5) is 39.8. The van der Waals surface area contributed by atoms with Crippen molar-refractivity contribution in [2.45, 2.75) is 6.54 Å². The Balaban J connectivity index is 1.59. The molecule has 2 N–H and O–H groups in total. The number of fused-ring (bicyclic) bond motifs is 1. The van der Waals surface area contributed by atoms with Crippen molar-refractivity contribution in [3.8, 4) is 0 Å². The standard InChI is InChI=1S/C16H14N6O3/c23-14(19-11-4-3-7-17-8-11)9-18-15(24)10-22-16(25)12-5-1-2-6-13(12)20-21-22/h1-8H,9-10H2,(H,18,24)(H,19,23). The van der Waals surface area contributed by atoms with Crippen LogP contribution >= 0.6 is 0 Å². The SMILES string of the molecule is O=C(Cn1nnc2ccccc2c1=O)NCC(=O)Nc1cccnc1. The second-order valence-electron chi connectivity index (χ2n) is 5.14. The van der Waals surface area contributed by atoms with Gasteiger partial charge in [-0.1, -0.05) is 17.3 Å². The van der Waals surface area contributed by atoms with Gasteiger partial charge in [-0.3, -0.25) is 19.4 Å². The van der Waals surface area contributed by atoms with Crippen LogP contribution in [0.5, 0.6) is 0 Å². The van der Waals surface area contributed by atoms with Crippen LogP contribution in [0.4, 0.5) is 5.69 Å². The quantitative estimate of drug-likeness (QED) is 0.673. The fourth-order valence-corrected chi connectivity index (χ4v) is 2.14. The summed E-state index contributed by atoms with van der Waals surface area (Å²) in [6.07, 6.45) is 3.07. The lowest BCUT2D eigenvalue weighted by Gasteiger charge is -2.07. The van der Waals surface area contributed by atoms with E-state index in [1.54, 1.807) is 42.6 Å². The highest BCUT2D eigenvalue weighted by atomic mass is 16.2. The number of aromatic nitrogens is 4. The molecular formula is C16H14N6O3. The van der Waals surface area contributed by atoms with Gasteiger partial charge in [-0.25, -0.2) is 4.68 Å². The Morgan fingerprint density at radius 1 is 1.08 bits per heavy atom. The van der Waals surface area contributed by atoms with Gasteiger partial charge in [0, 0.05) is 6.20 Å². The number of carbonyl (C=O) groups excluding carboxylic acids is 2. The van der Waals surface area contributed by atoms with Crippen molar-refractivity contribution < 1.29 is 9.59 Å². The minimum atomic E-state index is -0.520. The van der Waals surface area contributed by atoms with Crippen LogP contribution in [0.2, 0.25) is 0 Å². The molecule has 0 saturated carbocycles. The third-order valence-electron chi connectivity index (χ3n) is 3.31. The van der Waals surface area contributed by atoms with Crippen LogP contribution in [0, 0.1) is 0 Å². The maximum atomic E-state index is 12.2. The van der Waals surface area contributed by atoms with Crippen molar-refractivity contribution in [1.29, 1.82) is 0 Å². The fourth-order valence-electron chi connectivity index (χ4n) is 2.14. The molecule has 2 aromatic heterocycles. The highest BCUT2D eigenvalue weighted by Crippen LogP contribution is 2.03. The van der Waals surface area contributed by atoms with Crippen molar-refractivity contribution in [3.05, 3.63) is 59.1 Å². The Morgan fingerprint density at radius 3 is 2.72 bits per heavy atom. The van der Waals surface area contributed by atoms with Crippen molar-refractivity contribution in [2.24, 2.45) is 0 Å². The molecule has 0 aliphatic heterocycles. The van der Waals surface area contributed by atoms with Gasteiger partial charge in [0.25, 0.3) is 5.56 Å². The summed E-state index contributed by atoms with van der Waals surface area (Å²) >= 11 is 0. The number of rotatable bonds is 5. The number of pyridine rings is 1. The van der Waals surface area contributed by atoms with E-state index in [0.29, 0.717) is 16.6 Å². The molecule has 0 radical (unpaired) electrons. The van der Waals surface area contributed by atoms with E-state index in [4.69, 9.17) is 0 Å². The minimum absolute atomic E-state index is 0.233. The lowest BCUT2D eigenvalue weighted by molar-refractivity contribution is -0.124. The molecule has 1 aromatic carbocycles. The first-order valence-corrected chi connectivity index (χ1v) is 7.42. The summed E-state index contributed by atoms with van der Waals surface area (Å²) in [5, 5.41) is 13.0. The second kappa shape index (κ2) is 7.30. The van der Waals surface area contributed by atoms with E-state index in [1.165, 1.54) is 6.20 Å². The number of benzene rings is 1. The Hall–Kier alpha value is -3.62. The molecule has 0 unspecified atom stereocenters. The first-order chi connectivity index (χ1) is 12.1. The van der Waals surface area contributed by atoms with E-state index in [9.17, 15) is 14.4 Å². The van der Waals surface area contributed by atoms with E-state index in [-0.39, 0.29) is 13.1 Å². The molecule has 0 atom stereocenters. The van der Waals surface area contributed by atoms with Crippen LogP contribution in [0.1, 0.15) is 0 Å². The summed E-state index contributed by atoms with van der Waals surface area (Å²) in [5.41, 5.74) is 0.568. The fraction of sp³-hybridized carbons (Fsp3) is 0.125. The summed E-state index contributed by atoms with van der Waals surface area (Å²) in [5.74, 6) is -0.925. The number of carbonyl (C=O) groups is 2. The molecular weight excluding hydrogens is 324 g/mol. The molecule has 0 fully saturated rings. The van der Waals surface area contributed by atoms with Crippen molar-refractivity contribution in [3.63, 3.8) is 0 Å². The van der Waals surface area contributed by atoms with Gasteiger partial charge in [0.1, 0.15) is 12.1 Å². The average molecular weight is 338 g/mol. The van der Waals surface area contributed by atoms with E-state index in [2.05, 4.69) is 25.9 Å². The molecule has 0 aliphatic carbocycles. The highest BCUT2D eigenvalue weighted by Gasteiger charge is 2.10. The molecule has 2 heterocycles. The van der Waals surface area contributed by atoms with Gasteiger partial charge < -0.3 is 10.6 Å².